The van der Waals surface area contributed by atoms with Crippen molar-refractivity contribution in [1.29, 1.82) is 0 Å². The Bertz CT molecular complexity index is 271. The molecule has 2 unspecified atom stereocenters. The zero-order chi connectivity index (χ0) is 18.1. The van der Waals surface area contributed by atoms with Gasteiger partial charge in [0.15, 0.2) is 0 Å². The topological polar surface area (TPSA) is 29.5 Å². The van der Waals surface area contributed by atoms with Crippen molar-refractivity contribution >= 4 is 0 Å². The SMILES string of the molecule is C=CCOC(C)C(CC)(CO)CCCCCCCCCCCCC. The number of ether oxygens (including phenoxy) is 1. The molecular formula is C22H44O2. The van der Waals surface area contributed by atoms with E-state index in [0.29, 0.717) is 6.61 Å². The highest BCUT2D eigenvalue weighted by molar-refractivity contribution is 4.84. The minimum Gasteiger partial charge on any atom is -0.396 e. The summed E-state index contributed by atoms with van der Waals surface area (Å²) in [4.78, 5) is 0. The Balaban J connectivity index is 3.75. The van der Waals surface area contributed by atoms with E-state index in [4.69, 9.17) is 4.74 Å². The van der Waals surface area contributed by atoms with Crippen molar-refractivity contribution in [3.63, 3.8) is 0 Å². The smallest absolute Gasteiger partial charge is 0.0648 e. The normalized spacial score (nSPS) is 15.2. The van der Waals surface area contributed by atoms with Crippen LogP contribution in [0.25, 0.3) is 0 Å². The van der Waals surface area contributed by atoms with E-state index in [1.807, 2.05) is 0 Å². The summed E-state index contributed by atoms with van der Waals surface area (Å²) in [6.07, 6.45) is 18.9. The first-order chi connectivity index (χ1) is 11.7. The molecule has 2 atom stereocenters. The largest absolute Gasteiger partial charge is 0.396 e. The second kappa shape index (κ2) is 16.1. The molecule has 0 saturated heterocycles. The van der Waals surface area contributed by atoms with Crippen molar-refractivity contribution in [3.8, 4) is 0 Å². The Labute approximate surface area is 152 Å². The maximum atomic E-state index is 9.90. The second-order valence-corrected chi connectivity index (χ2v) is 7.42. The van der Waals surface area contributed by atoms with Crippen LogP contribution in [0.3, 0.4) is 0 Å². The molecule has 0 aliphatic heterocycles. The summed E-state index contributed by atoms with van der Waals surface area (Å²) in [6, 6.07) is 0. The molecule has 2 heteroatoms. The van der Waals surface area contributed by atoms with Crippen molar-refractivity contribution in [2.24, 2.45) is 5.41 Å². The second-order valence-electron chi connectivity index (χ2n) is 7.42. The Hall–Kier alpha value is -0.340. The van der Waals surface area contributed by atoms with Crippen LogP contribution in [-0.4, -0.2) is 24.4 Å². The van der Waals surface area contributed by atoms with E-state index in [1.165, 1.54) is 70.6 Å². The quantitative estimate of drug-likeness (QED) is 0.223. The van der Waals surface area contributed by atoms with Crippen molar-refractivity contribution in [3.05, 3.63) is 12.7 Å². The highest BCUT2D eigenvalue weighted by Gasteiger charge is 2.33. The summed E-state index contributed by atoms with van der Waals surface area (Å²) in [5.41, 5.74) is -0.0811. The molecule has 1 N–H and O–H groups in total. The maximum absolute atomic E-state index is 9.90. The van der Waals surface area contributed by atoms with Gasteiger partial charge in [0.25, 0.3) is 0 Å². The number of hydrogen-bond acceptors (Lipinski definition) is 2. The summed E-state index contributed by atoms with van der Waals surface area (Å²) in [5, 5.41) is 9.90. The molecule has 0 aromatic heterocycles. The van der Waals surface area contributed by atoms with Crippen LogP contribution in [0.1, 0.15) is 104 Å². The van der Waals surface area contributed by atoms with Gasteiger partial charge in [-0.1, -0.05) is 90.6 Å². The number of unbranched alkanes of at least 4 members (excludes halogenated alkanes) is 10. The summed E-state index contributed by atoms with van der Waals surface area (Å²) in [7, 11) is 0. The Morgan fingerprint density at radius 3 is 1.83 bits per heavy atom. The minimum absolute atomic E-state index is 0.0811. The van der Waals surface area contributed by atoms with Crippen LogP contribution in [0.2, 0.25) is 0 Å². The van der Waals surface area contributed by atoms with Crippen molar-refractivity contribution in [1.82, 2.24) is 0 Å². The van der Waals surface area contributed by atoms with E-state index in [0.717, 1.165) is 12.8 Å². The van der Waals surface area contributed by atoms with Gasteiger partial charge in [-0.3, -0.25) is 0 Å². The van der Waals surface area contributed by atoms with Crippen LogP contribution < -0.4 is 0 Å². The summed E-state index contributed by atoms with van der Waals surface area (Å²) >= 11 is 0. The lowest BCUT2D eigenvalue weighted by Gasteiger charge is -2.36. The highest BCUT2D eigenvalue weighted by atomic mass is 16.5. The highest BCUT2D eigenvalue weighted by Crippen LogP contribution is 2.34. The molecular weight excluding hydrogens is 296 g/mol. The van der Waals surface area contributed by atoms with Gasteiger partial charge in [-0.25, -0.2) is 0 Å². The fraction of sp³-hybridized carbons (Fsp3) is 0.909. The molecule has 24 heavy (non-hydrogen) atoms. The van der Waals surface area contributed by atoms with Crippen LogP contribution in [0.15, 0.2) is 12.7 Å². The lowest BCUT2D eigenvalue weighted by molar-refractivity contribution is -0.0553. The zero-order valence-electron chi connectivity index (χ0n) is 16.8. The molecule has 0 radical (unpaired) electrons. The van der Waals surface area contributed by atoms with E-state index >= 15 is 0 Å². The molecule has 0 fully saturated rings. The predicted octanol–water partition coefficient (Wildman–Crippen LogP) is 6.67. The molecule has 0 spiro atoms. The zero-order valence-corrected chi connectivity index (χ0v) is 16.8. The number of hydrogen-bond donors (Lipinski definition) is 1. The molecule has 0 aliphatic rings. The minimum atomic E-state index is -0.0811. The van der Waals surface area contributed by atoms with E-state index < -0.39 is 0 Å². The van der Waals surface area contributed by atoms with Gasteiger partial charge < -0.3 is 9.84 Å². The fourth-order valence-corrected chi connectivity index (χ4v) is 3.52. The Kier molecular flexibility index (Phi) is 15.9. The summed E-state index contributed by atoms with van der Waals surface area (Å²) < 4.78 is 5.81. The van der Waals surface area contributed by atoms with Crippen LogP contribution in [0.4, 0.5) is 0 Å². The van der Waals surface area contributed by atoms with Crippen LogP contribution in [0.5, 0.6) is 0 Å². The monoisotopic (exact) mass is 340 g/mol. The van der Waals surface area contributed by atoms with Gasteiger partial charge in [-0.05, 0) is 19.8 Å². The standard InChI is InChI=1S/C22H44O2/c1-5-8-9-10-11-12-13-14-15-16-17-18-22(7-3,20-23)21(4)24-19-6-2/h6,21,23H,2,5,7-20H2,1,3-4H3. The van der Waals surface area contributed by atoms with Gasteiger partial charge in [0, 0.05) is 5.41 Å². The summed E-state index contributed by atoms with van der Waals surface area (Å²) in [5.74, 6) is 0. The third kappa shape index (κ3) is 10.5. The van der Waals surface area contributed by atoms with Crippen LogP contribution in [0, 0.1) is 5.41 Å². The Morgan fingerprint density at radius 1 is 0.917 bits per heavy atom. The third-order valence-electron chi connectivity index (χ3n) is 5.62. The lowest BCUT2D eigenvalue weighted by atomic mass is 9.76. The predicted molar refractivity (Wildman–Crippen MR) is 106 cm³/mol. The average Bonchev–Trinajstić information content (AvgIpc) is 2.61. The van der Waals surface area contributed by atoms with Crippen LogP contribution in [-0.2, 0) is 4.74 Å². The third-order valence-corrected chi connectivity index (χ3v) is 5.62. The van der Waals surface area contributed by atoms with Crippen molar-refractivity contribution in [2.75, 3.05) is 13.2 Å². The first kappa shape index (κ1) is 23.7. The van der Waals surface area contributed by atoms with Crippen LogP contribution >= 0.6 is 0 Å². The van der Waals surface area contributed by atoms with Gasteiger partial charge >= 0.3 is 0 Å². The number of aliphatic hydroxyl groups is 1. The molecule has 0 amide bonds. The molecule has 144 valence electrons. The molecule has 2 nitrogen and oxygen atoms in total. The molecule has 0 bridgehead atoms. The molecule has 0 heterocycles. The number of aliphatic hydroxyl groups excluding tert-OH is 1. The summed E-state index contributed by atoms with van der Waals surface area (Å²) in [6.45, 7) is 11.0. The van der Waals surface area contributed by atoms with E-state index in [-0.39, 0.29) is 18.1 Å². The van der Waals surface area contributed by atoms with E-state index in [1.54, 1.807) is 6.08 Å². The molecule has 0 aromatic carbocycles. The van der Waals surface area contributed by atoms with Crippen molar-refractivity contribution in [2.45, 2.75) is 110 Å². The molecule has 0 saturated carbocycles. The molecule has 0 rings (SSSR count). The molecule has 0 aromatic rings. The van der Waals surface area contributed by atoms with Gasteiger partial charge in [-0.2, -0.15) is 0 Å². The van der Waals surface area contributed by atoms with Crippen molar-refractivity contribution < 1.29 is 9.84 Å². The fourth-order valence-electron chi connectivity index (χ4n) is 3.52. The van der Waals surface area contributed by atoms with Gasteiger partial charge in [0.1, 0.15) is 0 Å². The van der Waals surface area contributed by atoms with Gasteiger partial charge in [0.05, 0.1) is 19.3 Å². The van der Waals surface area contributed by atoms with Gasteiger partial charge in [0.2, 0.25) is 0 Å². The maximum Gasteiger partial charge on any atom is 0.0648 e. The average molecular weight is 341 g/mol. The first-order valence-electron chi connectivity index (χ1n) is 10.5. The lowest BCUT2D eigenvalue weighted by Crippen LogP contribution is -2.38. The van der Waals surface area contributed by atoms with Gasteiger partial charge in [-0.15, -0.1) is 6.58 Å². The first-order valence-corrected chi connectivity index (χ1v) is 10.5. The molecule has 0 aliphatic carbocycles. The van der Waals surface area contributed by atoms with E-state index in [2.05, 4.69) is 27.4 Å². The number of rotatable bonds is 18. The van der Waals surface area contributed by atoms with E-state index in [9.17, 15) is 5.11 Å². The Morgan fingerprint density at radius 2 is 1.42 bits per heavy atom.